The number of benzene rings is 2. The van der Waals surface area contributed by atoms with Gasteiger partial charge in [0.1, 0.15) is 0 Å². The first-order chi connectivity index (χ1) is 9.65. The van der Waals surface area contributed by atoms with E-state index < -0.39 is 0 Å². The normalized spacial score (nSPS) is 13.8. The number of ketones is 2. The van der Waals surface area contributed by atoms with Crippen molar-refractivity contribution in [2.75, 3.05) is 5.32 Å². The molecule has 0 saturated heterocycles. The van der Waals surface area contributed by atoms with Crippen LogP contribution in [-0.4, -0.2) is 11.6 Å². The Bertz CT molecular complexity index is 732. The van der Waals surface area contributed by atoms with E-state index in [1.807, 2.05) is 24.3 Å². The van der Waals surface area contributed by atoms with E-state index in [-0.39, 0.29) is 11.6 Å². The first kappa shape index (κ1) is 12.8. The Kier molecular flexibility index (Phi) is 3.24. The van der Waals surface area contributed by atoms with Crippen LogP contribution in [0, 0.1) is 0 Å². The summed E-state index contributed by atoms with van der Waals surface area (Å²) in [5, 5.41) is 3.00. The third-order valence-electron chi connectivity index (χ3n) is 3.08. The van der Waals surface area contributed by atoms with Crippen LogP contribution < -0.4 is 5.32 Å². The van der Waals surface area contributed by atoms with Gasteiger partial charge in [0.2, 0.25) is 5.78 Å². The SMILES string of the molecule is O=C1C=C(Nc2ccc(Br)cc2)C(=O)c2ccccc21. The number of fused-ring (bicyclic) bond motifs is 1. The Labute approximate surface area is 124 Å². The van der Waals surface area contributed by atoms with Crippen LogP contribution >= 0.6 is 15.9 Å². The van der Waals surface area contributed by atoms with Gasteiger partial charge in [0.25, 0.3) is 0 Å². The maximum Gasteiger partial charge on any atom is 0.210 e. The highest BCUT2D eigenvalue weighted by atomic mass is 79.9. The number of nitrogens with one attached hydrogen (secondary N) is 1. The summed E-state index contributed by atoms with van der Waals surface area (Å²) in [5.74, 6) is -0.317. The van der Waals surface area contributed by atoms with Gasteiger partial charge in [-0.25, -0.2) is 0 Å². The van der Waals surface area contributed by atoms with Gasteiger partial charge in [-0.3, -0.25) is 9.59 Å². The fourth-order valence-corrected chi connectivity index (χ4v) is 2.36. The van der Waals surface area contributed by atoms with Gasteiger partial charge < -0.3 is 5.32 Å². The zero-order valence-corrected chi connectivity index (χ0v) is 12.0. The predicted molar refractivity (Wildman–Crippen MR) is 81.0 cm³/mol. The van der Waals surface area contributed by atoms with Crippen LogP contribution in [0.25, 0.3) is 0 Å². The van der Waals surface area contributed by atoms with Crippen molar-refractivity contribution >= 4 is 33.2 Å². The third-order valence-corrected chi connectivity index (χ3v) is 3.61. The molecule has 2 aromatic rings. The molecule has 98 valence electrons. The highest BCUT2D eigenvalue weighted by molar-refractivity contribution is 9.10. The molecule has 3 nitrogen and oxygen atoms in total. The van der Waals surface area contributed by atoms with Crippen LogP contribution in [0.2, 0.25) is 0 Å². The van der Waals surface area contributed by atoms with Crippen LogP contribution in [-0.2, 0) is 0 Å². The highest BCUT2D eigenvalue weighted by Gasteiger charge is 2.24. The van der Waals surface area contributed by atoms with Crippen molar-refractivity contribution in [1.82, 2.24) is 0 Å². The van der Waals surface area contributed by atoms with Gasteiger partial charge in [-0.15, -0.1) is 0 Å². The van der Waals surface area contributed by atoms with Crippen LogP contribution in [0.5, 0.6) is 0 Å². The lowest BCUT2D eigenvalue weighted by atomic mass is 9.92. The van der Waals surface area contributed by atoms with E-state index in [1.165, 1.54) is 6.08 Å². The third kappa shape index (κ3) is 2.30. The summed E-state index contributed by atoms with van der Waals surface area (Å²) >= 11 is 3.35. The second-order valence-corrected chi connectivity index (χ2v) is 5.34. The fraction of sp³-hybridized carbons (Fsp3) is 0. The minimum Gasteiger partial charge on any atom is -0.352 e. The van der Waals surface area contributed by atoms with Gasteiger partial charge in [0, 0.05) is 27.4 Å². The number of halogens is 1. The Hall–Kier alpha value is -2.20. The molecule has 0 radical (unpaired) electrons. The number of hydrogen-bond acceptors (Lipinski definition) is 3. The molecule has 20 heavy (non-hydrogen) atoms. The Morgan fingerprint density at radius 3 is 2.20 bits per heavy atom. The Morgan fingerprint density at radius 1 is 0.850 bits per heavy atom. The topological polar surface area (TPSA) is 46.2 Å². The maximum atomic E-state index is 12.3. The molecule has 0 saturated carbocycles. The Balaban J connectivity index is 1.94. The van der Waals surface area contributed by atoms with Crippen molar-refractivity contribution in [1.29, 1.82) is 0 Å². The predicted octanol–water partition coefficient (Wildman–Crippen LogP) is 3.82. The average molecular weight is 328 g/mol. The lowest BCUT2D eigenvalue weighted by molar-refractivity contribution is 0.0985. The second-order valence-electron chi connectivity index (χ2n) is 4.43. The molecule has 1 N–H and O–H groups in total. The number of carbonyl (C=O) groups excluding carboxylic acids is 2. The molecule has 3 rings (SSSR count). The summed E-state index contributed by atoms with van der Waals surface area (Å²) in [5.41, 5.74) is 1.97. The molecule has 0 amide bonds. The summed E-state index contributed by atoms with van der Waals surface area (Å²) in [6.07, 6.45) is 1.35. The molecule has 0 atom stereocenters. The van der Waals surface area contributed by atoms with Crippen LogP contribution in [0.3, 0.4) is 0 Å². The van der Waals surface area contributed by atoms with Crippen molar-refractivity contribution in [3.63, 3.8) is 0 Å². The van der Waals surface area contributed by atoms with E-state index in [2.05, 4.69) is 21.2 Å². The summed E-state index contributed by atoms with van der Waals surface area (Å²) in [6, 6.07) is 14.3. The van der Waals surface area contributed by atoms with E-state index in [9.17, 15) is 9.59 Å². The quantitative estimate of drug-likeness (QED) is 0.911. The average Bonchev–Trinajstić information content (AvgIpc) is 2.47. The number of allylic oxidation sites excluding steroid dienone is 2. The standard InChI is InChI=1S/C16H10BrNO2/c17-10-5-7-11(8-6-10)18-14-9-15(19)12-3-1-2-4-13(12)16(14)20/h1-9,18H. The monoisotopic (exact) mass is 327 g/mol. The smallest absolute Gasteiger partial charge is 0.210 e. The van der Waals surface area contributed by atoms with Crippen LogP contribution in [0.15, 0.2) is 64.8 Å². The molecule has 0 unspecified atom stereocenters. The van der Waals surface area contributed by atoms with Crippen LogP contribution in [0.4, 0.5) is 5.69 Å². The fourth-order valence-electron chi connectivity index (χ4n) is 2.10. The van der Waals surface area contributed by atoms with Gasteiger partial charge >= 0.3 is 0 Å². The largest absolute Gasteiger partial charge is 0.352 e. The lowest BCUT2D eigenvalue weighted by Gasteiger charge is -2.16. The Morgan fingerprint density at radius 2 is 1.50 bits per heavy atom. The minimum atomic E-state index is -0.164. The second kappa shape index (κ2) is 5.06. The van der Waals surface area contributed by atoms with E-state index in [1.54, 1.807) is 24.3 Å². The summed E-state index contributed by atoms with van der Waals surface area (Å²) < 4.78 is 0.952. The van der Waals surface area contributed by atoms with Crippen molar-refractivity contribution in [3.8, 4) is 0 Å². The molecule has 0 fully saturated rings. The van der Waals surface area contributed by atoms with Crippen molar-refractivity contribution < 1.29 is 9.59 Å². The molecule has 1 aliphatic rings. The van der Waals surface area contributed by atoms with Crippen molar-refractivity contribution in [3.05, 3.63) is 75.9 Å². The lowest BCUT2D eigenvalue weighted by Crippen LogP contribution is -2.21. The molecule has 0 bridgehead atoms. The van der Waals surface area contributed by atoms with Gasteiger partial charge in [0.15, 0.2) is 5.78 Å². The molecular formula is C16H10BrNO2. The zero-order valence-electron chi connectivity index (χ0n) is 10.4. The molecule has 1 aliphatic carbocycles. The first-order valence-electron chi connectivity index (χ1n) is 6.07. The number of Topliss-reactive ketones (excluding diaryl/α,β-unsaturated/α-hetero) is 1. The zero-order chi connectivity index (χ0) is 14.1. The summed E-state index contributed by atoms with van der Waals surface area (Å²) in [7, 11) is 0. The van der Waals surface area contributed by atoms with E-state index in [0.717, 1.165) is 10.2 Å². The van der Waals surface area contributed by atoms with Gasteiger partial charge in [-0.2, -0.15) is 0 Å². The molecule has 0 spiro atoms. The van der Waals surface area contributed by atoms with Crippen LogP contribution in [0.1, 0.15) is 20.7 Å². The molecule has 0 aromatic heterocycles. The number of hydrogen-bond donors (Lipinski definition) is 1. The van der Waals surface area contributed by atoms with Crippen molar-refractivity contribution in [2.45, 2.75) is 0 Å². The van der Waals surface area contributed by atoms with E-state index >= 15 is 0 Å². The van der Waals surface area contributed by atoms with E-state index in [0.29, 0.717) is 16.8 Å². The molecule has 4 heteroatoms. The molecule has 0 heterocycles. The number of rotatable bonds is 2. The van der Waals surface area contributed by atoms with Gasteiger partial charge in [-0.05, 0) is 24.3 Å². The summed E-state index contributed by atoms with van der Waals surface area (Å²) in [4.78, 5) is 24.4. The number of anilines is 1. The summed E-state index contributed by atoms with van der Waals surface area (Å²) in [6.45, 7) is 0. The van der Waals surface area contributed by atoms with Crippen molar-refractivity contribution in [2.24, 2.45) is 0 Å². The first-order valence-corrected chi connectivity index (χ1v) is 6.87. The minimum absolute atomic E-state index is 0.153. The maximum absolute atomic E-state index is 12.3. The molecule has 2 aromatic carbocycles. The highest BCUT2D eigenvalue weighted by Crippen LogP contribution is 2.23. The van der Waals surface area contributed by atoms with Gasteiger partial charge in [-0.1, -0.05) is 40.2 Å². The van der Waals surface area contributed by atoms with E-state index in [4.69, 9.17) is 0 Å². The van der Waals surface area contributed by atoms with Gasteiger partial charge in [0.05, 0.1) is 5.70 Å². The number of carbonyl (C=O) groups is 2. The molecule has 0 aliphatic heterocycles. The molecular weight excluding hydrogens is 318 g/mol.